The topological polar surface area (TPSA) is 30.7 Å². The highest BCUT2D eigenvalue weighted by molar-refractivity contribution is 6.23. The zero-order valence-corrected chi connectivity index (χ0v) is 29.9. The Morgan fingerprint density at radius 3 is 1.42 bits per heavy atom. The summed E-state index contributed by atoms with van der Waals surface area (Å²) in [6.07, 6.45) is 3.56. The van der Waals surface area contributed by atoms with E-state index in [1.807, 2.05) is 0 Å². The quantitative estimate of drug-likeness (QED) is 0.167. The molecule has 2 heterocycles. The van der Waals surface area contributed by atoms with Crippen LogP contribution in [-0.4, -0.2) is 14.5 Å². The van der Waals surface area contributed by atoms with Crippen molar-refractivity contribution in [2.24, 2.45) is 0 Å². The van der Waals surface area contributed by atoms with Crippen LogP contribution in [0.4, 0.5) is 0 Å². The number of aromatic nitrogens is 3. The first-order chi connectivity index (χ1) is 27.3. The van der Waals surface area contributed by atoms with Crippen LogP contribution in [0.25, 0.3) is 105 Å². The summed E-state index contributed by atoms with van der Waals surface area (Å²) in [6.45, 7) is 0. The molecule has 55 heavy (non-hydrogen) atoms. The third-order valence-corrected chi connectivity index (χ3v) is 11.1. The van der Waals surface area contributed by atoms with Gasteiger partial charge >= 0.3 is 0 Å². The van der Waals surface area contributed by atoms with Gasteiger partial charge < -0.3 is 4.57 Å². The number of hydrogen-bond acceptors (Lipinski definition) is 2. The number of rotatable bonds is 5. The second-order valence-corrected chi connectivity index (χ2v) is 14.2. The molecule has 0 aliphatic heterocycles. The standard InChI is InChI=1S/C52H33N3/c1-2-11-42(12-3-1)55-49-16-7-6-14-44(49)48-33-40(26-28-50(48)55)37-23-19-35(20-24-37)34-17-21-36(22-18-34)38-9-8-10-39(31-38)41-25-27-46-47(32-41)43-13-4-5-15-45(43)51-52(46)54-30-29-53-51/h1-33H. The predicted octanol–water partition coefficient (Wildman–Crippen LogP) is 13.7. The Balaban J connectivity index is 0.888. The number of nitrogens with zero attached hydrogens (tertiary/aromatic N) is 3. The summed E-state index contributed by atoms with van der Waals surface area (Å²) in [4.78, 5) is 9.42. The van der Waals surface area contributed by atoms with Crippen molar-refractivity contribution in [2.75, 3.05) is 0 Å². The molecule has 3 nitrogen and oxygen atoms in total. The van der Waals surface area contributed by atoms with Gasteiger partial charge in [0.05, 0.1) is 22.1 Å². The lowest BCUT2D eigenvalue weighted by atomic mass is 9.93. The molecule has 0 radical (unpaired) electrons. The Kier molecular flexibility index (Phi) is 7.17. The molecule has 0 spiro atoms. The minimum atomic E-state index is 0.941. The average Bonchev–Trinajstić information content (AvgIpc) is 3.60. The molecule has 0 saturated carbocycles. The maximum atomic E-state index is 4.73. The van der Waals surface area contributed by atoms with Crippen LogP contribution in [0.3, 0.4) is 0 Å². The zero-order chi connectivity index (χ0) is 36.3. The molecule has 0 amide bonds. The predicted molar refractivity (Wildman–Crippen MR) is 231 cm³/mol. The lowest BCUT2D eigenvalue weighted by Gasteiger charge is -2.12. The summed E-state index contributed by atoms with van der Waals surface area (Å²) in [7, 11) is 0. The average molecular weight is 700 g/mol. The Hall–Kier alpha value is -7.36. The minimum Gasteiger partial charge on any atom is -0.309 e. The van der Waals surface area contributed by atoms with Gasteiger partial charge in [-0.1, -0.05) is 146 Å². The fourth-order valence-corrected chi connectivity index (χ4v) is 8.41. The van der Waals surface area contributed by atoms with Gasteiger partial charge in [-0.25, -0.2) is 0 Å². The first-order valence-electron chi connectivity index (χ1n) is 18.7. The van der Waals surface area contributed by atoms with Gasteiger partial charge in [0, 0.05) is 39.6 Å². The van der Waals surface area contributed by atoms with Gasteiger partial charge in [0.1, 0.15) is 0 Å². The third kappa shape index (κ3) is 5.20. The third-order valence-electron chi connectivity index (χ3n) is 11.1. The van der Waals surface area contributed by atoms with Crippen molar-refractivity contribution in [1.82, 2.24) is 14.5 Å². The molecule has 0 aliphatic carbocycles. The Bertz CT molecular complexity index is 3200. The van der Waals surface area contributed by atoms with Crippen molar-refractivity contribution in [3.05, 3.63) is 200 Å². The van der Waals surface area contributed by atoms with Crippen LogP contribution in [0.15, 0.2) is 200 Å². The van der Waals surface area contributed by atoms with Gasteiger partial charge in [-0.05, 0) is 97.7 Å². The fraction of sp³-hybridized carbons (Fsp3) is 0. The van der Waals surface area contributed by atoms with E-state index in [2.05, 4.69) is 198 Å². The smallest absolute Gasteiger partial charge is 0.0971 e. The van der Waals surface area contributed by atoms with Crippen molar-refractivity contribution >= 4 is 54.4 Å². The molecule has 0 atom stereocenters. The molecular formula is C52H33N3. The highest BCUT2D eigenvalue weighted by Crippen LogP contribution is 2.38. The van der Waals surface area contributed by atoms with Crippen molar-refractivity contribution in [3.63, 3.8) is 0 Å². The molecule has 11 aromatic rings. The SMILES string of the molecule is c1ccc(-n2c3ccccc3c3cc(-c4ccc(-c5ccc(-c6cccc(-c7ccc8c(c7)c7ccccc7c7nccnc87)c6)cc5)cc4)ccc32)cc1. The van der Waals surface area contributed by atoms with Gasteiger partial charge in [-0.2, -0.15) is 0 Å². The van der Waals surface area contributed by atoms with Crippen LogP contribution in [-0.2, 0) is 0 Å². The van der Waals surface area contributed by atoms with Gasteiger partial charge in [-0.15, -0.1) is 0 Å². The van der Waals surface area contributed by atoms with E-state index in [1.54, 1.807) is 12.4 Å². The first kappa shape index (κ1) is 31.2. The van der Waals surface area contributed by atoms with Crippen LogP contribution < -0.4 is 0 Å². The monoisotopic (exact) mass is 699 g/mol. The summed E-state index contributed by atoms with van der Waals surface area (Å²) >= 11 is 0. The molecule has 9 aromatic carbocycles. The van der Waals surface area contributed by atoms with Gasteiger partial charge in [0.2, 0.25) is 0 Å². The maximum absolute atomic E-state index is 4.73. The highest BCUT2D eigenvalue weighted by Gasteiger charge is 2.14. The van der Waals surface area contributed by atoms with E-state index in [4.69, 9.17) is 4.98 Å². The number of hydrogen-bond donors (Lipinski definition) is 0. The molecule has 0 unspecified atom stereocenters. The zero-order valence-electron chi connectivity index (χ0n) is 29.9. The number of benzene rings is 9. The Morgan fingerprint density at radius 2 is 0.727 bits per heavy atom. The summed E-state index contributed by atoms with van der Waals surface area (Å²) < 4.78 is 2.36. The van der Waals surface area contributed by atoms with E-state index in [9.17, 15) is 0 Å². The van der Waals surface area contributed by atoms with E-state index in [0.29, 0.717) is 0 Å². The van der Waals surface area contributed by atoms with Crippen LogP contribution in [0.5, 0.6) is 0 Å². The van der Waals surface area contributed by atoms with Crippen molar-refractivity contribution in [3.8, 4) is 50.2 Å². The van der Waals surface area contributed by atoms with E-state index in [-0.39, 0.29) is 0 Å². The Morgan fingerprint density at radius 1 is 0.273 bits per heavy atom. The van der Waals surface area contributed by atoms with Crippen molar-refractivity contribution < 1.29 is 0 Å². The molecule has 0 fully saturated rings. The molecule has 2 aromatic heterocycles. The second-order valence-electron chi connectivity index (χ2n) is 14.2. The molecule has 3 heteroatoms. The van der Waals surface area contributed by atoms with Crippen LogP contribution >= 0.6 is 0 Å². The van der Waals surface area contributed by atoms with Crippen LogP contribution in [0, 0.1) is 0 Å². The van der Waals surface area contributed by atoms with Crippen LogP contribution in [0.1, 0.15) is 0 Å². The molecule has 0 saturated heterocycles. The lowest BCUT2D eigenvalue weighted by molar-refractivity contribution is 1.18. The molecule has 0 N–H and O–H groups in total. The summed E-state index contributed by atoms with van der Waals surface area (Å²) in [5.41, 5.74) is 15.1. The molecule has 0 bridgehead atoms. The maximum Gasteiger partial charge on any atom is 0.0971 e. The summed E-state index contributed by atoms with van der Waals surface area (Å²) in [6, 6.07) is 68.1. The van der Waals surface area contributed by atoms with E-state index < -0.39 is 0 Å². The van der Waals surface area contributed by atoms with E-state index >= 15 is 0 Å². The van der Waals surface area contributed by atoms with Gasteiger partial charge in [-0.3, -0.25) is 9.97 Å². The highest BCUT2D eigenvalue weighted by atomic mass is 15.0. The minimum absolute atomic E-state index is 0.941. The lowest BCUT2D eigenvalue weighted by Crippen LogP contribution is -1.92. The van der Waals surface area contributed by atoms with Gasteiger partial charge in [0.15, 0.2) is 0 Å². The Labute approximate surface area is 318 Å². The summed E-state index contributed by atoms with van der Waals surface area (Å²) in [5.74, 6) is 0. The molecule has 0 aliphatic rings. The van der Waals surface area contributed by atoms with Gasteiger partial charge in [0.25, 0.3) is 0 Å². The number of para-hydroxylation sites is 2. The van der Waals surface area contributed by atoms with Crippen molar-refractivity contribution in [2.45, 2.75) is 0 Å². The van der Waals surface area contributed by atoms with E-state index in [1.165, 1.54) is 82.8 Å². The second kappa shape index (κ2) is 12.6. The molecule has 256 valence electrons. The number of fused-ring (bicyclic) bond motifs is 9. The normalized spacial score (nSPS) is 11.6. The van der Waals surface area contributed by atoms with Crippen molar-refractivity contribution in [1.29, 1.82) is 0 Å². The molecular weight excluding hydrogens is 667 g/mol. The summed E-state index contributed by atoms with van der Waals surface area (Å²) in [5, 5.41) is 7.17. The first-order valence-corrected chi connectivity index (χ1v) is 18.7. The van der Waals surface area contributed by atoms with E-state index in [0.717, 1.165) is 21.8 Å². The molecule has 11 rings (SSSR count). The fourth-order valence-electron chi connectivity index (χ4n) is 8.41. The largest absolute Gasteiger partial charge is 0.309 e. The van der Waals surface area contributed by atoms with Crippen LogP contribution in [0.2, 0.25) is 0 Å².